The molecule has 0 unspecified atom stereocenters. The number of carboxylic acids is 1. The van der Waals surface area contributed by atoms with Crippen molar-refractivity contribution < 1.29 is 19.7 Å². The number of aliphatic hydroxyl groups excluding tert-OH is 1. The third-order valence-corrected chi connectivity index (χ3v) is 2.38. The van der Waals surface area contributed by atoms with Gasteiger partial charge in [0.25, 0.3) is 0 Å². The second-order valence-electron chi connectivity index (χ2n) is 2.69. The molecule has 0 aliphatic carbocycles. The topological polar surface area (TPSA) is 66.8 Å². The number of carboxylic acid groups (broad SMARTS) is 1. The van der Waals surface area contributed by atoms with Gasteiger partial charge in [-0.25, -0.2) is 4.79 Å². The zero-order valence-corrected chi connectivity index (χ0v) is 8.56. The highest BCUT2D eigenvalue weighted by molar-refractivity contribution is 7.80. The number of aliphatic hydroxyl groups is 1. The monoisotopic (exact) mass is 206 g/mol. The van der Waals surface area contributed by atoms with E-state index in [1.54, 1.807) is 13.8 Å². The number of hydrogen-bond acceptors (Lipinski definition) is 3. The molecule has 0 saturated heterocycles. The Kier molecular flexibility index (Phi) is 4.87. The summed E-state index contributed by atoms with van der Waals surface area (Å²) in [6.45, 7) is 3.13. The van der Waals surface area contributed by atoms with Gasteiger partial charge in [-0.1, -0.05) is 13.8 Å². The fraction of sp³-hybridized carbons (Fsp3) is 0.750. The Bertz CT molecular complexity index is 198. The van der Waals surface area contributed by atoms with E-state index in [1.807, 2.05) is 0 Å². The Labute approximate surface area is 82.5 Å². The molecule has 2 N–H and O–H groups in total. The fourth-order valence-corrected chi connectivity index (χ4v) is 1.37. The summed E-state index contributed by atoms with van der Waals surface area (Å²) >= 11 is 4.62. The standard InChI is InChI=1S/C8H14O4S/c1-3-8(4-2,7(11)13)12-5-6(9)10/h3-5H2,1-2H3,(H,9,10)(H,11,13). The zero-order valence-electron chi connectivity index (χ0n) is 7.74. The molecular formula is C8H14O4S. The maximum atomic E-state index is 10.3. The van der Waals surface area contributed by atoms with Crippen molar-refractivity contribution in [3.63, 3.8) is 0 Å². The largest absolute Gasteiger partial charge is 0.500 e. The van der Waals surface area contributed by atoms with Crippen molar-refractivity contribution in [3.8, 4) is 0 Å². The van der Waals surface area contributed by atoms with Gasteiger partial charge in [-0.05, 0) is 25.1 Å². The van der Waals surface area contributed by atoms with Crippen LogP contribution in [0, 0.1) is 0 Å². The molecule has 4 nitrogen and oxygen atoms in total. The lowest BCUT2D eigenvalue weighted by atomic mass is 9.98. The Morgan fingerprint density at radius 1 is 1.38 bits per heavy atom. The van der Waals surface area contributed by atoms with Crippen molar-refractivity contribution in [2.24, 2.45) is 0 Å². The van der Waals surface area contributed by atoms with Crippen LogP contribution in [-0.4, -0.2) is 33.4 Å². The predicted octanol–water partition coefficient (Wildman–Crippen LogP) is 1.53. The van der Waals surface area contributed by atoms with E-state index in [4.69, 9.17) is 9.84 Å². The van der Waals surface area contributed by atoms with Crippen LogP contribution >= 0.6 is 12.2 Å². The van der Waals surface area contributed by atoms with Crippen LogP contribution in [0.1, 0.15) is 26.7 Å². The van der Waals surface area contributed by atoms with Crippen LogP contribution < -0.4 is 0 Å². The molecule has 0 atom stereocenters. The first-order valence-corrected chi connectivity index (χ1v) is 4.48. The normalized spacial score (nSPS) is 11.2. The lowest BCUT2D eigenvalue weighted by Crippen LogP contribution is -2.40. The highest BCUT2D eigenvalue weighted by atomic mass is 32.1. The SMILES string of the molecule is CCC(CC)(OCC(=O)O)C(O)=S. The number of ether oxygens (including phenoxy) is 1. The molecule has 0 aromatic heterocycles. The molecule has 0 fully saturated rings. The van der Waals surface area contributed by atoms with E-state index < -0.39 is 18.2 Å². The summed E-state index contributed by atoms with van der Waals surface area (Å²) in [5, 5.41) is 17.3. The third kappa shape index (κ3) is 3.28. The lowest BCUT2D eigenvalue weighted by molar-refractivity contribution is -0.146. The van der Waals surface area contributed by atoms with Crippen LogP contribution in [0.25, 0.3) is 0 Å². The minimum absolute atomic E-state index is 0.279. The maximum absolute atomic E-state index is 10.3. The molecule has 0 spiro atoms. The molecule has 76 valence electrons. The Balaban J connectivity index is 4.39. The van der Waals surface area contributed by atoms with Gasteiger partial charge < -0.3 is 14.9 Å². The number of thiocarbonyl (C=S) groups is 1. The third-order valence-electron chi connectivity index (χ3n) is 2.00. The summed E-state index contributed by atoms with van der Waals surface area (Å²) in [6.07, 6.45) is 0.929. The van der Waals surface area contributed by atoms with Crippen LogP contribution in [0.15, 0.2) is 0 Å². The van der Waals surface area contributed by atoms with Gasteiger partial charge in [0, 0.05) is 0 Å². The first-order chi connectivity index (χ1) is 5.98. The van der Waals surface area contributed by atoms with Gasteiger partial charge >= 0.3 is 5.97 Å². The minimum Gasteiger partial charge on any atom is -0.500 e. The molecule has 0 aliphatic rings. The van der Waals surface area contributed by atoms with Gasteiger partial charge in [-0.3, -0.25) is 0 Å². The summed E-state index contributed by atoms with van der Waals surface area (Å²) < 4.78 is 5.06. The van der Waals surface area contributed by atoms with E-state index in [0.717, 1.165) is 0 Å². The Morgan fingerprint density at radius 2 is 1.85 bits per heavy atom. The highest BCUT2D eigenvalue weighted by Crippen LogP contribution is 2.21. The van der Waals surface area contributed by atoms with E-state index in [-0.39, 0.29) is 5.05 Å². The quantitative estimate of drug-likeness (QED) is 0.645. The molecule has 0 aromatic carbocycles. The lowest BCUT2D eigenvalue weighted by Gasteiger charge is -2.28. The van der Waals surface area contributed by atoms with E-state index >= 15 is 0 Å². The fourth-order valence-electron chi connectivity index (χ4n) is 1.02. The molecule has 0 heterocycles. The number of hydrogen-bond donors (Lipinski definition) is 2. The molecule has 0 aromatic rings. The highest BCUT2D eigenvalue weighted by Gasteiger charge is 2.32. The molecule has 0 radical (unpaired) electrons. The van der Waals surface area contributed by atoms with Gasteiger partial charge in [0.15, 0.2) is 5.05 Å². The van der Waals surface area contributed by atoms with Gasteiger partial charge in [-0.15, -0.1) is 0 Å². The molecule has 5 heteroatoms. The summed E-state index contributed by atoms with van der Waals surface area (Å²) in [6, 6.07) is 0. The van der Waals surface area contributed by atoms with Gasteiger partial charge in [0.1, 0.15) is 12.2 Å². The van der Waals surface area contributed by atoms with Crippen LogP contribution in [0.2, 0.25) is 0 Å². The van der Waals surface area contributed by atoms with Crippen molar-refractivity contribution in [1.82, 2.24) is 0 Å². The van der Waals surface area contributed by atoms with Crippen molar-refractivity contribution in [3.05, 3.63) is 0 Å². The molecule has 13 heavy (non-hydrogen) atoms. The Morgan fingerprint density at radius 3 is 2.08 bits per heavy atom. The van der Waals surface area contributed by atoms with Crippen LogP contribution in [0.4, 0.5) is 0 Å². The summed E-state index contributed by atoms with van der Waals surface area (Å²) in [7, 11) is 0. The van der Waals surface area contributed by atoms with Crippen LogP contribution in [-0.2, 0) is 9.53 Å². The molecule has 0 saturated carbocycles. The van der Waals surface area contributed by atoms with Gasteiger partial charge in [0.2, 0.25) is 0 Å². The van der Waals surface area contributed by atoms with E-state index in [0.29, 0.717) is 12.8 Å². The Hall–Kier alpha value is -0.680. The molecule has 0 aliphatic heterocycles. The first kappa shape index (κ1) is 12.3. The molecule has 0 bridgehead atoms. The van der Waals surface area contributed by atoms with Crippen molar-refractivity contribution in [1.29, 1.82) is 0 Å². The van der Waals surface area contributed by atoms with Gasteiger partial charge in [0.05, 0.1) is 0 Å². The minimum atomic E-state index is -1.07. The summed E-state index contributed by atoms with van der Waals surface area (Å²) in [5.41, 5.74) is -0.978. The van der Waals surface area contributed by atoms with E-state index in [2.05, 4.69) is 12.2 Å². The zero-order chi connectivity index (χ0) is 10.5. The summed E-state index contributed by atoms with van der Waals surface area (Å²) in [4.78, 5) is 10.3. The number of aliphatic carboxylic acids is 1. The molecular weight excluding hydrogens is 192 g/mol. The van der Waals surface area contributed by atoms with Gasteiger partial charge in [-0.2, -0.15) is 0 Å². The van der Waals surface area contributed by atoms with E-state index in [1.165, 1.54) is 0 Å². The average Bonchev–Trinajstić information content (AvgIpc) is 2.06. The number of carbonyl (C=O) groups is 1. The van der Waals surface area contributed by atoms with Crippen molar-refractivity contribution >= 4 is 23.2 Å². The second kappa shape index (κ2) is 5.14. The maximum Gasteiger partial charge on any atom is 0.329 e. The molecule has 0 amide bonds. The van der Waals surface area contributed by atoms with Crippen LogP contribution in [0.5, 0.6) is 0 Å². The number of rotatable bonds is 6. The smallest absolute Gasteiger partial charge is 0.329 e. The summed E-state index contributed by atoms with van der Waals surface area (Å²) in [5.74, 6) is -1.07. The predicted molar refractivity (Wildman–Crippen MR) is 52.1 cm³/mol. The molecule has 0 rings (SSSR count). The second-order valence-corrected chi connectivity index (χ2v) is 3.08. The van der Waals surface area contributed by atoms with Crippen molar-refractivity contribution in [2.45, 2.75) is 32.3 Å². The van der Waals surface area contributed by atoms with Crippen LogP contribution in [0.3, 0.4) is 0 Å². The average molecular weight is 206 g/mol. The van der Waals surface area contributed by atoms with Crippen molar-refractivity contribution in [2.75, 3.05) is 6.61 Å². The first-order valence-electron chi connectivity index (χ1n) is 4.07. The van der Waals surface area contributed by atoms with E-state index in [9.17, 15) is 9.90 Å².